The van der Waals surface area contributed by atoms with Gasteiger partial charge in [-0.25, -0.2) is 0 Å². The molecule has 2 nitrogen and oxygen atoms in total. The molecule has 0 bridgehead atoms. The molecular formula is C12H24N2S. The number of thioether (sulfide) groups is 1. The molecule has 2 aliphatic rings. The summed E-state index contributed by atoms with van der Waals surface area (Å²) >= 11 is 2.08. The topological polar surface area (TPSA) is 38.0 Å². The first-order chi connectivity index (χ1) is 7.36. The van der Waals surface area contributed by atoms with Crippen molar-refractivity contribution in [3.63, 3.8) is 0 Å². The van der Waals surface area contributed by atoms with Gasteiger partial charge in [-0.3, -0.25) is 0 Å². The summed E-state index contributed by atoms with van der Waals surface area (Å²) in [4.78, 5) is 0. The Morgan fingerprint density at radius 2 is 1.80 bits per heavy atom. The van der Waals surface area contributed by atoms with E-state index in [0.29, 0.717) is 6.04 Å². The van der Waals surface area contributed by atoms with E-state index >= 15 is 0 Å². The van der Waals surface area contributed by atoms with Crippen LogP contribution < -0.4 is 11.1 Å². The van der Waals surface area contributed by atoms with Crippen LogP contribution >= 0.6 is 11.8 Å². The number of nitrogens with one attached hydrogen (secondary N) is 1. The van der Waals surface area contributed by atoms with Crippen LogP contribution in [0.4, 0.5) is 0 Å². The van der Waals surface area contributed by atoms with Crippen LogP contribution in [0.1, 0.15) is 38.5 Å². The maximum atomic E-state index is 6.25. The Kier molecular flexibility index (Phi) is 4.79. The minimum Gasteiger partial charge on any atom is -0.326 e. The SMILES string of the molecule is NC(CNC1CCCC1)C1CCSCC1. The van der Waals surface area contributed by atoms with Gasteiger partial charge in [-0.15, -0.1) is 0 Å². The summed E-state index contributed by atoms with van der Waals surface area (Å²) in [6.45, 7) is 1.04. The summed E-state index contributed by atoms with van der Waals surface area (Å²) in [6, 6.07) is 1.17. The quantitative estimate of drug-likeness (QED) is 0.773. The van der Waals surface area contributed by atoms with Gasteiger partial charge < -0.3 is 11.1 Å². The van der Waals surface area contributed by atoms with Crippen LogP contribution in [-0.4, -0.2) is 30.1 Å². The van der Waals surface area contributed by atoms with Crippen molar-refractivity contribution in [1.29, 1.82) is 0 Å². The molecule has 0 aromatic rings. The maximum absolute atomic E-state index is 6.25. The fraction of sp³-hybridized carbons (Fsp3) is 1.00. The summed E-state index contributed by atoms with van der Waals surface area (Å²) in [5.41, 5.74) is 6.25. The van der Waals surface area contributed by atoms with Crippen molar-refractivity contribution in [2.45, 2.75) is 50.6 Å². The van der Waals surface area contributed by atoms with Gasteiger partial charge in [0.25, 0.3) is 0 Å². The predicted molar refractivity (Wildman–Crippen MR) is 68.3 cm³/mol. The summed E-state index contributed by atoms with van der Waals surface area (Å²) in [5, 5.41) is 3.65. The summed E-state index contributed by atoms with van der Waals surface area (Å²) in [5.74, 6) is 3.42. The number of nitrogens with two attached hydrogens (primary N) is 1. The molecule has 1 atom stereocenters. The van der Waals surface area contributed by atoms with Gasteiger partial charge in [-0.2, -0.15) is 11.8 Å². The van der Waals surface area contributed by atoms with Gasteiger partial charge in [0.2, 0.25) is 0 Å². The minimum absolute atomic E-state index is 0.395. The van der Waals surface area contributed by atoms with E-state index in [-0.39, 0.29) is 0 Å². The normalized spacial score (nSPS) is 27.0. The third-order valence-electron chi connectivity index (χ3n) is 3.87. The molecule has 0 spiro atoms. The molecule has 1 saturated heterocycles. The second kappa shape index (κ2) is 6.12. The Morgan fingerprint density at radius 3 is 2.47 bits per heavy atom. The molecule has 1 unspecified atom stereocenters. The van der Waals surface area contributed by atoms with Crippen molar-refractivity contribution >= 4 is 11.8 Å². The second-order valence-corrected chi connectivity index (χ2v) is 6.23. The number of rotatable bonds is 4. The summed E-state index contributed by atoms with van der Waals surface area (Å²) in [6.07, 6.45) is 8.22. The van der Waals surface area contributed by atoms with E-state index in [0.717, 1.165) is 18.5 Å². The van der Waals surface area contributed by atoms with Gasteiger partial charge in [0.05, 0.1) is 0 Å². The Bertz CT molecular complexity index is 174. The Morgan fingerprint density at radius 1 is 1.13 bits per heavy atom. The zero-order chi connectivity index (χ0) is 10.5. The predicted octanol–water partition coefficient (Wildman–Crippen LogP) is 1.99. The van der Waals surface area contributed by atoms with E-state index in [1.807, 2.05) is 0 Å². The van der Waals surface area contributed by atoms with Gasteiger partial charge in [0, 0.05) is 18.6 Å². The van der Waals surface area contributed by atoms with Crippen LogP contribution in [0.25, 0.3) is 0 Å². The van der Waals surface area contributed by atoms with Gasteiger partial charge in [0.1, 0.15) is 0 Å². The molecule has 0 radical (unpaired) electrons. The highest BCUT2D eigenvalue weighted by Crippen LogP contribution is 2.25. The largest absolute Gasteiger partial charge is 0.326 e. The summed E-state index contributed by atoms with van der Waals surface area (Å²) < 4.78 is 0. The summed E-state index contributed by atoms with van der Waals surface area (Å²) in [7, 11) is 0. The molecule has 0 aromatic heterocycles. The van der Waals surface area contributed by atoms with Gasteiger partial charge in [0.15, 0.2) is 0 Å². The van der Waals surface area contributed by atoms with Crippen molar-refractivity contribution in [3.05, 3.63) is 0 Å². The fourth-order valence-electron chi connectivity index (χ4n) is 2.74. The second-order valence-electron chi connectivity index (χ2n) is 5.00. The van der Waals surface area contributed by atoms with Gasteiger partial charge >= 0.3 is 0 Å². The van der Waals surface area contributed by atoms with Crippen LogP contribution in [0.5, 0.6) is 0 Å². The molecule has 15 heavy (non-hydrogen) atoms. The average molecular weight is 228 g/mol. The first-order valence-electron chi connectivity index (χ1n) is 6.43. The van der Waals surface area contributed by atoms with Crippen LogP contribution in [0.2, 0.25) is 0 Å². The molecule has 1 aliphatic heterocycles. The standard InChI is InChI=1S/C12H24N2S/c13-12(10-5-7-15-8-6-10)9-14-11-3-1-2-4-11/h10-12,14H,1-9,13H2. The lowest BCUT2D eigenvalue weighted by Gasteiger charge is -2.28. The maximum Gasteiger partial charge on any atom is 0.0194 e. The number of hydrogen-bond acceptors (Lipinski definition) is 3. The van der Waals surface area contributed by atoms with Crippen LogP contribution in [0.15, 0.2) is 0 Å². The van der Waals surface area contributed by atoms with E-state index in [1.54, 1.807) is 0 Å². The minimum atomic E-state index is 0.395. The highest BCUT2D eigenvalue weighted by atomic mass is 32.2. The zero-order valence-electron chi connectivity index (χ0n) is 9.58. The molecule has 0 aromatic carbocycles. The fourth-order valence-corrected chi connectivity index (χ4v) is 3.89. The van der Waals surface area contributed by atoms with Crippen molar-refractivity contribution in [3.8, 4) is 0 Å². The average Bonchev–Trinajstić information content (AvgIpc) is 2.80. The van der Waals surface area contributed by atoms with E-state index in [9.17, 15) is 0 Å². The molecule has 3 N–H and O–H groups in total. The lowest BCUT2D eigenvalue weighted by atomic mass is 9.94. The van der Waals surface area contributed by atoms with Crippen molar-refractivity contribution in [2.24, 2.45) is 11.7 Å². The van der Waals surface area contributed by atoms with E-state index in [1.165, 1.54) is 50.0 Å². The molecule has 2 fully saturated rings. The van der Waals surface area contributed by atoms with Gasteiger partial charge in [-0.05, 0) is 43.1 Å². The number of hydrogen-bond donors (Lipinski definition) is 2. The zero-order valence-corrected chi connectivity index (χ0v) is 10.4. The molecule has 2 rings (SSSR count). The van der Waals surface area contributed by atoms with Crippen molar-refractivity contribution in [1.82, 2.24) is 5.32 Å². The van der Waals surface area contributed by atoms with Crippen LogP contribution in [0.3, 0.4) is 0 Å². The Hall–Kier alpha value is 0.270. The van der Waals surface area contributed by atoms with Crippen molar-refractivity contribution in [2.75, 3.05) is 18.1 Å². The van der Waals surface area contributed by atoms with Crippen LogP contribution in [0, 0.1) is 5.92 Å². The first kappa shape index (κ1) is 11.7. The molecule has 1 heterocycles. The first-order valence-corrected chi connectivity index (χ1v) is 7.58. The molecule has 1 aliphatic carbocycles. The molecule has 88 valence electrons. The molecule has 0 amide bonds. The van der Waals surface area contributed by atoms with E-state index < -0.39 is 0 Å². The smallest absolute Gasteiger partial charge is 0.0194 e. The monoisotopic (exact) mass is 228 g/mol. The van der Waals surface area contributed by atoms with Crippen LogP contribution in [-0.2, 0) is 0 Å². The third-order valence-corrected chi connectivity index (χ3v) is 4.92. The lowest BCUT2D eigenvalue weighted by Crippen LogP contribution is -2.44. The van der Waals surface area contributed by atoms with E-state index in [4.69, 9.17) is 5.73 Å². The third kappa shape index (κ3) is 3.65. The Balaban J connectivity index is 1.64. The molecular weight excluding hydrogens is 204 g/mol. The molecule has 1 saturated carbocycles. The molecule has 3 heteroatoms. The highest BCUT2D eigenvalue weighted by Gasteiger charge is 2.22. The lowest BCUT2D eigenvalue weighted by molar-refractivity contribution is 0.361. The van der Waals surface area contributed by atoms with E-state index in [2.05, 4.69) is 17.1 Å². The van der Waals surface area contributed by atoms with Gasteiger partial charge in [-0.1, -0.05) is 12.8 Å². The van der Waals surface area contributed by atoms with Crippen molar-refractivity contribution < 1.29 is 0 Å². The highest BCUT2D eigenvalue weighted by molar-refractivity contribution is 7.99. The Labute approximate surface area is 97.8 Å².